The van der Waals surface area contributed by atoms with Crippen molar-refractivity contribution in [3.8, 4) is 0 Å². The fraction of sp³-hybridized carbons (Fsp3) is 0.188. The van der Waals surface area contributed by atoms with Gasteiger partial charge in [-0.05, 0) is 29.8 Å². The molecule has 2 N–H and O–H groups in total. The fourth-order valence-electron chi connectivity index (χ4n) is 1.86. The molecule has 1 amide bonds. The summed E-state index contributed by atoms with van der Waals surface area (Å²) in [6.07, 6.45) is 0.414. The Hall–Kier alpha value is -1.36. The number of rotatable bonds is 6. The minimum absolute atomic E-state index is 0.0141. The summed E-state index contributed by atoms with van der Waals surface area (Å²) in [5.74, 6) is -0.0141. The van der Waals surface area contributed by atoms with Gasteiger partial charge in [0.2, 0.25) is 5.91 Å². The first kappa shape index (κ1) is 16.0. The maximum atomic E-state index is 11.8. The van der Waals surface area contributed by atoms with E-state index >= 15 is 0 Å². The maximum Gasteiger partial charge on any atom is 0.225 e. The molecule has 0 aliphatic carbocycles. The van der Waals surface area contributed by atoms with Crippen molar-refractivity contribution >= 4 is 39.1 Å². The molecule has 0 aromatic heterocycles. The number of halogens is 2. The zero-order chi connectivity index (χ0) is 15.1. The molecule has 3 nitrogen and oxygen atoms in total. The van der Waals surface area contributed by atoms with Crippen LogP contribution in [0.3, 0.4) is 0 Å². The van der Waals surface area contributed by atoms with Crippen LogP contribution < -0.4 is 10.6 Å². The first-order valence-corrected chi connectivity index (χ1v) is 7.82. The van der Waals surface area contributed by atoms with Gasteiger partial charge in [-0.2, -0.15) is 0 Å². The Labute approximate surface area is 137 Å². The van der Waals surface area contributed by atoms with Gasteiger partial charge in [-0.25, -0.2) is 0 Å². The molecule has 2 aromatic rings. The van der Waals surface area contributed by atoms with Gasteiger partial charge in [0.25, 0.3) is 0 Å². The molecule has 21 heavy (non-hydrogen) atoms. The lowest BCUT2D eigenvalue weighted by Gasteiger charge is -2.08. The van der Waals surface area contributed by atoms with Crippen LogP contribution >= 0.6 is 27.5 Å². The minimum Gasteiger partial charge on any atom is -0.326 e. The van der Waals surface area contributed by atoms with Crippen LogP contribution in [0.4, 0.5) is 5.69 Å². The Bertz CT molecular complexity index is 619. The lowest BCUT2D eigenvalue weighted by Crippen LogP contribution is -2.21. The van der Waals surface area contributed by atoms with Gasteiger partial charge in [-0.15, -0.1) is 0 Å². The molecule has 0 bridgehead atoms. The molecule has 0 fully saturated rings. The average Bonchev–Trinajstić information content (AvgIpc) is 2.45. The highest BCUT2D eigenvalue weighted by molar-refractivity contribution is 9.10. The molecule has 110 valence electrons. The average molecular weight is 368 g/mol. The summed E-state index contributed by atoms with van der Waals surface area (Å²) in [5.41, 5.74) is 1.83. The Morgan fingerprint density at radius 1 is 1.14 bits per heavy atom. The fourth-order valence-corrected chi connectivity index (χ4v) is 2.46. The van der Waals surface area contributed by atoms with E-state index in [0.29, 0.717) is 19.5 Å². The van der Waals surface area contributed by atoms with E-state index in [0.717, 1.165) is 20.7 Å². The molecule has 5 heteroatoms. The molecule has 0 saturated carbocycles. The van der Waals surface area contributed by atoms with Gasteiger partial charge >= 0.3 is 0 Å². The number of carbonyl (C=O) groups is 1. The maximum absolute atomic E-state index is 11.8. The molecule has 0 aliphatic rings. The predicted molar refractivity (Wildman–Crippen MR) is 90.5 cm³/mol. The molecule has 2 aromatic carbocycles. The van der Waals surface area contributed by atoms with Crippen molar-refractivity contribution in [3.63, 3.8) is 0 Å². The number of amides is 1. The molecule has 0 unspecified atom stereocenters. The number of carbonyl (C=O) groups excluding carboxylic acids is 1. The van der Waals surface area contributed by atoms with Crippen molar-refractivity contribution in [1.29, 1.82) is 0 Å². The third-order valence-electron chi connectivity index (χ3n) is 2.91. The summed E-state index contributed by atoms with van der Waals surface area (Å²) in [4.78, 5) is 11.8. The molecule has 0 radical (unpaired) electrons. The highest BCUT2D eigenvalue weighted by Gasteiger charge is 2.03. The quantitative estimate of drug-likeness (QED) is 0.751. The van der Waals surface area contributed by atoms with Gasteiger partial charge in [0.15, 0.2) is 0 Å². The second-order valence-corrected chi connectivity index (χ2v) is 5.90. The van der Waals surface area contributed by atoms with E-state index in [1.54, 1.807) is 0 Å². The molecule has 0 aliphatic heterocycles. The Morgan fingerprint density at radius 3 is 2.71 bits per heavy atom. The lowest BCUT2D eigenvalue weighted by atomic mass is 10.2. The normalized spacial score (nSPS) is 10.4. The minimum atomic E-state index is -0.0141. The van der Waals surface area contributed by atoms with Crippen molar-refractivity contribution in [2.75, 3.05) is 11.9 Å². The molecular formula is C16H16BrClN2O. The van der Waals surface area contributed by atoms with Gasteiger partial charge in [-0.1, -0.05) is 51.8 Å². The second kappa shape index (κ2) is 8.17. The van der Waals surface area contributed by atoms with Crippen LogP contribution in [0.25, 0.3) is 0 Å². The number of benzene rings is 2. The van der Waals surface area contributed by atoms with Crippen molar-refractivity contribution in [2.24, 2.45) is 0 Å². The van der Waals surface area contributed by atoms with E-state index in [1.807, 2.05) is 48.5 Å². The molecule has 0 saturated heterocycles. The first-order valence-electron chi connectivity index (χ1n) is 6.65. The van der Waals surface area contributed by atoms with Gasteiger partial charge in [-0.3, -0.25) is 4.79 Å². The number of anilines is 1. The Balaban J connectivity index is 1.71. The van der Waals surface area contributed by atoms with E-state index < -0.39 is 0 Å². The Morgan fingerprint density at radius 2 is 1.95 bits per heavy atom. The van der Waals surface area contributed by atoms with E-state index in [1.165, 1.54) is 0 Å². The molecule has 2 rings (SSSR count). The highest BCUT2D eigenvalue weighted by atomic mass is 79.9. The molecular weight excluding hydrogens is 352 g/mol. The smallest absolute Gasteiger partial charge is 0.225 e. The van der Waals surface area contributed by atoms with Crippen molar-refractivity contribution in [3.05, 3.63) is 63.6 Å². The highest BCUT2D eigenvalue weighted by Crippen LogP contribution is 2.16. The monoisotopic (exact) mass is 366 g/mol. The summed E-state index contributed by atoms with van der Waals surface area (Å²) in [6.45, 7) is 1.26. The summed E-state index contributed by atoms with van der Waals surface area (Å²) in [7, 11) is 0. The first-order chi connectivity index (χ1) is 10.1. The summed E-state index contributed by atoms with van der Waals surface area (Å²) < 4.78 is 0.942. The Kier molecular flexibility index (Phi) is 6.23. The number of nitrogens with one attached hydrogen (secondary N) is 2. The summed E-state index contributed by atoms with van der Waals surface area (Å²) in [6, 6.07) is 15.2. The van der Waals surface area contributed by atoms with Crippen LogP contribution in [0, 0.1) is 0 Å². The van der Waals surface area contributed by atoms with E-state index in [9.17, 15) is 4.79 Å². The zero-order valence-corrected chi connectivity index (χ0v) is 13.7. The third kappa shape index (κ3) is 5.50. The summed E-state index contributed by atoms with van der Waals surface area (Å²) in [5, 5.41) is 6.81. The molecule has 0 atom stereocenters. The van der Waals surface area contributed by atoms with Crippen LogP contribution in [0.15, 0.2) is 53.0 Å². The SMILES string of the molecule is O=C(CCNCc1ccccc1Cl)Nc1cccc(Br)c1. The predicted octanol–water partition coefficient (Wildman–Crippen LogP) is 4.22. The summed E-state index contributed by atoms with van der Waals surface area (Å²) >= 11 is 9.44. The van der Waals surface area contributed by atoms with Gasteiger partial charge < -0.3 is 10.6 Å². The van der Waals surface area contributed by atoms with Gasteiger partial charge in [0.1, 0.15) is 0 Å². The third-order valence-corrected chi connectivity index (χ3v) is 3.77. The van der Waals surface area contributed by atoms with Crippen LogP contribution in [0.5, 0.6) is 0 Å². The van der Waals surface area contributed by atoms with Crippen LogP contribution in [-0.2, 0) is 11.3 Å². The topological polar surface area (TPSA) is 41.1 Å². The van der Waals surface area contributed by atoms with Crippen LogP contribution in [-0.4, -0.2) is 12.5 Å². The van der Waals surface area contributed by atoms with Crippen molar-refractivity contribution in [2.45, 2.75) is 13.0 Å². The number of hydrogen-bond acceptors (Lipinski definition) is 2. The molecule has 0 heterocycles. The van der Waals surface area contributed by atoms with E-state index in [4.69, 9.17) is 11.6 Å². The van der Waals surface area contributed by atoms with Crippen LogP contribution in [0.1, 0.15) is 12.0 Å². The second-order valence-electron chi connectivity index (χ2n) is 4.58. The largest absolute Gasteiger partial charge is 0.326 e. The van der Waals surface area contributed by atoms with Crippen molar-refractivity contribution in [1.82, 2.24) is 5.32 Å². The van der Waals surface area contributed by atoms with E-state index in [2.05, 4.69) is 26.6 Å². The van der Waals surface area contributed by atoms with Crippen molar-refractivity contribution < 1.29 is 4.79 Å². The molecule has 0 spiro atoms. The van der Waals surface area contributed by atoms with Gasteiger partial charge in [0.05, 0.1) is 0 Å². The number of hydrogen-bond donors (Lipinski definition) is 2. The van der Waals surface area contributed by atoms with E-state index in [-0.39, 0.29) is 5.91 Å². The standard InChI is InChI=1S/C16H16BrClN2O/c17-13-5-3-6-14(10-13)20-16(21)8-9-19-11-12-4-1-2-7-15(12)18/h1-7,10,19H,8-9,11H2,(H,20,21). The zero-order valence-electron chi connectivity index (χ0n) is 11.4. The van der Waals surface area contributed by atoms with Crippen LogP contribution in [0.2, 0.25) is 5.02 Å². The lowest BCUT2D eigenvalue weighted by molar-refractivity contribution is -0.116. The van der Waals surface area contributed by atoms with Gasteiger partial charge in [0, 0.05) is 34.7 Å².